The molecule has 0 bridgehead atoms. The van der Waals surface area contributed by atoms with Gasteiger partial charge in [-0.3, -0.25) is 4.79 Å². The smallest absolute Gasteiger partial charge is 0.309 e. The number of hydrogen-bond acceptors (Lipinski definition) is 2. The van der Waals surface area contributed by atoms with Gasteiger partial charge in [-0.25, -0.2) is 0 Å². The highest BCUT2D eigenvalue weighted by molar-refractivity contribution is 5.73. The summed E-state index contributed by atoms with van der Waals surface area (Å²) in [6, 6.07) is 0. The van der Waals surface area contributed by atoms with Crippen LogP contribution in [0.15, 0.2) is 0 Å². The molecule has 3 nitrogen and oxygen atoms in total. The van der Waals surface area contributed by atoms with Crippen LogP contribution >= 0.6 is 0 Å². The Morgan fingerprint density at radius 2 is 2.08 bits per heavy atom. The van der Waals surface area contributed by atoms with Crippen LogP contribution in [-0.4, -0.2) is 24.3 Å². The van der Waals surface area contributed by atoms with E-state index in [1.807, 2.05) is 0 Å². The third-order valence-electron chi connectivity index (χ3n) is 2.35. The van der Waals surface area contributed by atoms with Crippen LogP contribution in [0.25, 0.3) is 0 Å². The van der Waals surface area contributed by atoms with E-state index in [-0.39, 0.29) is 5.41 Å². The Bertz CT molecular complexity index is 192. The Labute approximate surface area is 72.7 Å². The van der Waals surface area contributed by atoms with Gasteiger partial charge < -0.3 is 9.84 Å². The third kappa shape index (κ3) is 1.78. The first-order valence-electron chi connectivity index (χ1n) is 4.17. The molecule has 0 saturated carbocycles. The molecule has 0 spiro atoms. The van der Waals surface area contributed by atoms with Crippen LogP contribution in [0.3, 0.4) is 0 Å². The van der Waals surface area contributed by atoms with E-state index in [2.05, 4.69) is 6.92 Å². The van der Waals surface area contributed by atoms with E-state index in [9.17, 15) is 4.79 Å². The molecular formula is C9H16O3. The van der Waals surface area contributed by atoms with Gasteiger partial charge in [0, 0.05) is 5.41 Å². The van der Waals surface area contributed by atoms with Gasteiger partial charge >= 0.3 is 5.97 Å². The maximum atomic E-state index is 10.8. The lowest BCUT2D eigenvalue weighted by molar-refractivity contribution is -0.158. The molecule has 1 rings (SSSR count). The molecule has 1 fully saturated rings. The number of carboxylic acids is 1. The van der Waals surface area contributed by atoms with Gasteiger partial charge in [-0.15, -0.1) is 0 Å². The van der Waals surface area contributed by atoms with Crippen LogP contribution in [0.4, 0.5) is 0 Å². The van der Waals surface area contributed by atoms with Gasteiger partial charge in [0.1, 0.15) is 0 Å². The number of ether oxygens (including phenoxy) is 1. The second-order valence-corrected chi connectivity index (χ2v) is 4.67. The fourth-order valence-corrected chi connectivity index (χ4v) is 1.70. The van der Waals surface area contributed by atoms with Crippen molar-refractivity contribution < 1.29 is 14.6 Å². The van der Waals surface area contributed by atoms with Gasteiger partial charge in [0.2, 0.25) is 0 Å². The largest absolute Gasteiger partial charge is 0.481 e. The van der Waals surface area contributed by atoms with Crippen molar-refractivity contribution in [1.82, 2.24) is 0 Å². The Kier molecular flexibility index (Phi) is 2.17. The van der Waals surface area contributed by atoms with Crippen LogP contribution in [0.2, 0.25) is 0 Å². The van der Waals surface area contributed by atoms with Crippen molar-refractivity contribution in [2.45, 2.75) is 27.2 Å². The zero-order chi connectivity index (χ0) is 9.41. The standard InChI is InChI=1S/C9H16O3/c1-8(2,7(10)11)4-9(3)5-12-6-9/h4-6H2,1-3H3,(H,10,11). The first-order chi connectivity index (χ1) is 5.36. The van der Waals surface area contributed by atoms with Gasteiger partial charge in [0.25, 0.3) is 0 Å². The molecule has 0 amide bonds. The summed E-state index contributed by atoms with van der Waals surface area (Å²) in [6.45, 7) is 6.99. The quantitative estimate of drug-likeness (QED) is 0.702. The van der Waals surface area contributed by atoms with Crippen molar-refractivity contribution in [3.8, 4) is 0 Å². The summed E-state index contributed by atoms with van der Waals surface area (Å²) in [7, 11) is 0. The van der Waals surface area contributed by atoms with Crippen molar-refractivity contribution in [2.24, 2.45) is 10.8 Å². The molecule has 70 valence electrons. The summed E-state index contributed by atoms with van der Waals surface area (Å²) in [6.07, 6.45) is 0.690. The lowest BCUT2D eigenvalue weighted by Crippen LogP contribution is -2.44. The normalized spacial score (nSPS) is 21.6. The van der Waals surface area contributed by atoms with E-state index in [0.29, 0.717) is 19.6 Å². The molecule has 0 aromatic carbocycles. The highest BCUT2D eigenvalue weighted by Gasteiger charge is 2.41. The van der Waals surface area contributed by atoms with Crippen molar-refractivity contribution >= 4 is 5.97 Å². The van der Waals surface area contributed by atoms with Crippen LogP contribution in [0, 0.1) is 10.8 Å². The molecule has 0 unspecified atom stereocenters. The molecule has 0 aliphatic carbocycles. The predicted molar refractivity (Wildman–Crippen MR) is 45.0 cm³/mol. The molecule has 1 aliphatic rings. The first-order valence-corrected chi connectivity index (χ1v) is 4.17. The molecule has 1 N–H and O–H groups in total. The summed E-state index contributed by atoms with van der Waals surface area (Å²) in [4.78, 5) is 10.8. The maximum absolute atomic E-state index is 10.8. The average molecular weight is 172 g/mol. The number of aliphatic carboxylic acids is 1. The second kappa shape index (κ2) is 2.73. The Hall–Kier alpha value is -0.570. The first kappa shape index (κ1) is 9.52. The van der Waals surface area contributed by atoms with Gasteiger partial charge in [0.05, 0.1) is 18.6 Å². The van der Waals surface area contributed by atoms with Crippen LogP contribution in [0.1, 0.15) is 27.2 Å². The van der Waals surface area contributed by atoms with Crippen LogP contribution in [-0.2, 0) is 9.53 Å². The molecule has 3 heteroatoms. The molecule has 1 aliphatic heterocycles. The van der Waals surface area contributed by atoms with E-state index in [4.69, 9.17) is 9.84 Å². The highest BCUT2D eigenvalue weighted by atomic mass is 16.5. The zero-order valence-corrected chi connectivity index (χ0v) is 7.89. The molecule has 0 aromatic rings. The van der Waals surface area contributed by atoms with Gasteiger partial charge in [-0.1, -0.05) is 6.92 Å². The Morgan fingerprint density at radius 3 is 2.33 bits per heavy atom. The summed E-state index contributed by atoms with van der Waals surface area (Å²) in [5.74, 6) is -0.726. The minimum atomic E-state index is -0.726. The predicted octanol–water partition coefficient (Wildman–Crippen LogP) is 1.52. The van der Waals surface area contributed by atoms with Crippen molar-refractivity contribution in [3.05, 3.63) is 0 Å². The SMILES string of the molecule is CC1(CC(C)(C)C(=O)O)COC1. The summed E-state index contributed by atoms with van der Waals surface area (Å²) in [5.41, 5.74) is -0.541. The lowest BCUT2D eigenvalue weighted by atomic mass is 9.73. The zero-order valence-electron chi connectivity index (χ0n) is 7.89. The third-order valence-corrected chi connectivity index (χ3v) is 2.35. The monoisotopic (exact) mass is 172 g/mol. The average Bonchev–Trinajstić information content (AvgIpc) is 1.83. The molecule has 12 heavy (non-hydrogen) atoms. The molecule has 0 aromatic heterocycles. The van der Waals surface area contributed by atoms with E-state index in [1.165, 1.54) is 0 Å². The molecule has 0 radical (unpaired) electrons. The number of rotatable bonds is 3. The molecule has 0 atom stereocenters. The fraction of sp³-hybridized carbons (Fsp3) is 0.889. The maximum Gasteiger partial charge on any atom is 0.309 e. The molecule has 1 heterocycles. The lowest BCUT2D eigenvalue weighted by Gasteiger charge is -2.42. The Morgan fingerprint density at radius 1 is 1.58 bits per heavy atom. The fourth-order valence-electron chi connectivity index (χ4n) is 1.70. The minimum absolute atomic E-state index is 0.0852. The number of carbonyl (C=O) groups is 1. The van der Waals surface area contributed by atoms with Crippen molar-refractivity contribution in [1.29, 1.82) is 0 Å². The van der Waals surface area contributed by atoms with Crippen LogP contribution < -0.4 is 0 Å². The highest BCUT2D eigenvalue weighted by Crippen LogP contribution is 2.39. The van der Waals surface area contributed by atoms with Gasteiger partial charge in [-0.2, -0.15) is 0 Å². The van der Waals surface area contributed by atoms with Crippen LogP contribution in [0.5, 0.6) is 0 Å². The van der Waals surface area contributed by atoms with E-state index in [1.54, 1.807) is 13.8 Å². The number of hydrogen-bond donors (Lipinski definition) is 1. The van der Waals surface area contributed by atoms with Gasteiger partial charge in [0.15, 0.2) is 0 Å². The number of carboxylic acid groups (broad SMARTS) is 1. The topological polar surface area (TPSA) is 46.5 Å². The second-order valence-electron chi connectivity index (χ2n) is 4.67. The van der Waals surface area contributed by atoms with Crippen molar-refractivity contribution in [3.63, 3.8) is 0 Å². The molecular weight excluding hydrogens is 156 g/mol. The van der Waals surface area contributed by atoms with E-state index in [0.717, 1.165) is 0 Å². The van der Waals surface area contributed by atoms with Gasteiger partial charge in [-0.05, 0) is 20.3 Å². The summed E-state index contributed by atoms with van der Waals surface area (Å²) >= 11 is 0. The summed E-state index contributed by atoms with van der Waals surface area (Å²) < 4.78 is 5.07. The molecule has 1 saturated heterocycles. The van der Waals surface area contributed by atoms with Crippen molar-refractivity contribution in [2.75, 3.05) is 13.2 Å². The Balaban J connectivity index is 2.54. The van der Waals surface area contributed by atoms with E-state index >= 15 is 0 Å². The van der Waals surface area contributed by atoms with E-state index < -0.39 is 11.4 Å². The summed E-state index contributed by atoms with van der Waals surface area (Å²) in [5, 5.41) is 8.88. The minimum Gasteiger partial charge on any atom is -0.481 e.